The molecule has 1 amide bonds. The predicted octanol–water partition coefficient (Wildman–Crippen LogP) is 1.06. The predicted molar refractivity (Wildman–Crippen MR) is 81.3 cm³/mol. The van der Waals surface area contributed by atoms with Crippen molar-refractivity contribution in [2.45, 2.75) is 32.8 Å². The van der Waals surface area contributed by atoms with Crippen molar-refractivity contribution < 1.29 is 9.53 Å². The highest BCUT2D eigenvalue weighted by Crippen LogP contribution is 2.08. The number of morpholine rings is 1. The van der Waals surface area contributed by atoms with Crippen molar-refractivity contribution in [3.05, 3.63) is 17.5 Å². The Morgan fingerprint density at radius 3 is 3.14 bits per heavy atom. The molecule has 6 heteroatoms. The van der Waals surface area contributed by atoms with Crippen LogP contribution < -0.4 is 5.32 Å². The maximum Gasteiger partial charge on any atom is 0.271 e. The van der Waals surface area contributed by atoms with Crippen LogP contribution in [0.25, 0.3) is 0 Å². The first-order valence-electron chi connectivity index (χ1n) is 7.67. The summed E-state index contributed by atoms with van der Waals surface area (Å²) >= 11 is 0. The summed E-state index contributed by atoms with van der Waals surface area (Å²) in [4.78, 5) is 14.3. The number of carbonyl (C=O) groups excluding carboxylic acids is 1. The second-order valence-electron chi connectivity index (χ2n) is 6.18. The molecule has 0 radical (unpaired) electrons. The molecule has 2 rings (SSSR count). The first-order valence-corrected chi connectivity index (χ1v) is 7.67. The molecule has 1 saturated heterocycles. The van der Waals surface area contributed by atoms with Gasteiger partial charge in [-0.2, -0.15) is 5.10 Å². The third-order valence-electron chi connectivity index (χ3n) is 3.59. The zero-order chi connectivity index (χ0) is 15.2. The van der Waals surface area contributed by atoms with Gasteiger partial charge >= 0.3 is 0 Å². The standard InChI is InChI=1S/C15H26N4O2/c1-11(2)8-12-9-14(18-17-12)15(20)16-5-4-13-10-19(3)6-7-21-13/h9,11,13H,4-8,10H2,1-3H3,(H,16,20)(H,17,18)/t13-/m0/s1. The molecule has 1 aromatic heterocycles. The number of carbonyl (C=O) groups is 1. The van der Waals surface area contributed by atoms with E-state index in [1.165, 1.54) is 0 Å². The number of aromatic nitrogens is 2. The Hall–Kier alpha value is -1.40. The van der Waals surface area contributed by atoms with Crippen LogP contribution in [0.5, 0.6) is 0 Å². The number of hydrogen-bond acceptors (Lipinski definition) is 4. The second kappa shape index (κ2) is 7.56. The summed E-state index contributed by atoms with van der Waals surface area (Å²) < 4.78 is 5.67. The number of ether oxygens (including phenoxy) is 1. The van der Waals surface area contributed by atoms with Gasteiger partial charge in [0.25, 0.3) is 5.91 Å². The maximum absolute atomic E-state index is 12.0. The van der Waals surface area contributed by atoms with E-state index >= 15 is 0 Å². The first-order chi connectivity index (χ1) is 10.0. The van der Waals surface area contributed by atoms with Crippen molar-refractivity contribution in [1.29, 1.82) is 0 Å². The van der Waals surface area contributed by atoms with Gasteiger partial charge in [-0.25, -0.2) is 0 Å². The van der Waals surface area contributed by atoms with Gasteiger partial charge in [-0.15, -0.1) is 0 Å². The Balaban J connectivity index is 1.72. The van der Waals surface area contributed by atoms with E-state index in [9.17, 15) is 4.79 Å². The van der Waals surface area contributed by atoms with Crippen LogP contribution in [-0.4, -0.2) is 60.4 Å². The summed E-state index contributed by atoms with van der Waals surface area (Å²) in [6.07, 6.45) is 1.95. The van der Waals surface area contributed by atoms with Gasteiger partial charge in [-0.05, 0) is 31.9 Å². The van der Waals surface area contributed by atoms with E-state index in [2.05, 4.69) is 41.3 Å². The van der Waals surface area contributed by atoms with E-state index in [0.29, 0.717) is 18.2 Å². The molecule has 2 N–H and O–H groups in total. The molecule has 1 aromatic rings. The lowest BCUT2D eigenvalue weighted by Gasteiger charge is -2.30. The van der Waals surface area contributed by atoms with Gasteiger partial charge in [0.1, 0.15) is 5.69 Å². The van der Waals surface area contributed by atoms with E-state index in [0.717, 1.165) is 38.2 Å². The maximum atomic E-state index is 12.0. The molecular weight excluding hydrogens is 268 g/mol. The van der Waals surface area contributed by atoms with Crippen LogP contribution in [0.1, 0.15) is 36.5 Å². The molecule has 6 nitrogen and oxygen atoms in total. The summed E-state index contributed by atoms with van der Waals surface area (Å²) in [5.74, 6) is 0.423. The number of nitrogens with one attached hydrogen (secondary N) is 2. The van der Waals surface area contributed by atoms with Crippen LogP contribution >= 0.6 is 0 Å². The van der Waals surface area contributed by atoms with Crippen LogP contribution in [0, 0.1) is 5.92 Å². The topological polar surface area (TPSA) is 70.2 Å². The minimum absolute atomic E-state index is 0.120. The Kier molecular flexibility index (Phi) is 5.76. The highest BCUT2D eigenvalue weighted by molar-refractivity contribution is 5.92. The van der Waals surface area contributed by atoms with Crippen LogP contribution in [-0.2, 0) is 11.2 Å². The normalized spacial score (nSPS) is 19.9. The number of rotatable bonds is 6. The Morgan fingerprint density at radius 1 is 1.62 bits per heavy atom. The Labute approximate surface area is 126 Å². The molecule has 0 aromatic carbocycles. The van der Waals surface area contributed by atoms with Crippen molar-refractivity contribution >= 4 is 5.91 Å². The summed E-state index contributed by atoms with van der Waals surface area (Å²) in [5.41, 5.74) is 1.47. The van der Waals surface area contributed by atoms with E-state index in [1.807, 2.05) is 6.07 Å². The Bertz CT molecular complexity index is 458. The molecular formula is C15H26N4O2. The molecule has 2 heterocycles. The summed E-state index contributed by atoms with van der Waals surface area (Å²) in [5, 5.41) is 9.90. The molecule has 0 bridgehead atoms. The number of hydrogen-bond donors (Lipinski definition) is 2. The monoisotopic (exact) mass is 294 g/mol. The molecule has 1 aliphatic rings. The zero-order valence-electron chi connectivity index (χ0n) is 13.2. The molecule has 1 aliphatic heterocycles. The average molecular weight is 294 g/mol. The van der Waals surface area contributed by atoms with Gasteiger partial charge in [-0.1, -0.05) is 13.8 Å². The number of nitrogens with zero attached hydrogens (tertiary/aromatic N) is 2. The van der Waals surface area contributed by atoms with Gasteiger partial charge < -0.3 is 15.0 Å². The van der Waals surface area contributed by atoms with Crippen molar-refractivity contribution in [1.82, 2.24) is 20.4 Å². The summed E-state index contributed by atoms with van der Waals surface area (Å²) in [7, 11) is 2.09. The summed E-state index contributed by atoms with van der Waals surface area (Å²) in [6.45, 7) is 7.58. The highest BCUT2D eigenvalue weighted by Gasteiger charge is 2.18. The SMILES string of the molecule is CC(C)Cc1cc(C(=O)NCC[C@H]2CN(C)CCO2)n[nH]1. The zero-order valence-corrected chi connectivity index (χ0v) is 13.2. The number of H-pyrrole nitrogens is 1. The lowest BCUT2D eigenvalue weighted by molar-refractivity contribution is -0.0226. The number of aromatic amines is 1. The smallest absolute Gasteiger partial charge is 0.271 e. The van der Waals surface area contributed by atoms with E-state index in [1.54, 1.807) is 0 Å². The molecule has 0 spiro atoms. The Morgan fingerprint density at radius 2 is 2.43 bits per heavy atom. The minimum atomic E-state index is -0.120. The van der Waals surface area contributed by atoms with Gasteiger partial charge in [0.2, 0.25) is 0 Å². The fraction of sp³-hybridized carbons (Fsp3) is 0.733. The lowest BCUT2D eigenvalue weighted by Crippen LogP contribution is -2.41. The molecule has 0 unspecified atom stereocenters. The van der Waals surface area contributed by atoms with Crippen molar-refractivity contribution in [2.75, 3.05) is 33.3 Å². The average Bonchev–Trinajstić information content (AvgIpc) is 2.86. The quantitative estimate of drug-likeness (QED) is 0.823. The fourth-order valence-corrected chi connectivity index (χ4v) is 2.50. The van der Waals surface area contributed by atoms with Gasteiger partial charge in [-0.3, -0.25) is 9.89 Å². The molecule has 1 atom stereocenters. The minimum Gasteiger partial charge on any atom is -0.375 e. The molecule has 0 saturated carbocycles. The van der Waals surface area contributed by atoms with Gasteiger partial charge in [0, 0.05) is 25.3 Å². The van der Waals surface area contributed by atoms with Crippen LogP contribution in [0.3, 0.4) is 0 Å². The fourth-order valence-electron chi connectivity index (χ4n) is 2.50. The molecule has 0 aliphatic carbocycles. The van der Waals surface area contributed by atoms with E-state index in [4.69, 9.17) is 4.74 Å². The third-order valence-corrected chi connectivity index (χ3v) is 3.59. The van der Waals surface area contributed by atoms with Gasteiger partial charge in [0.15, 0.2) is 0 Å². The molecule has 1 fully saturated rings. The van der Waals surface area contributed by atoms with Crippen LogP contribution in [0.15, 0.2) is 6.07 Å². The number of amides is 1. The lowest BCUT2D eigenvalue weighted by atomic mass is 10.1. The second-order valence-corrected chi connectivity index (χ2v) is 6.18. The van der Waals surface area contributed by atoms with Crippen LogP contribution in [0.2, 0.25) is 0 Å². The van der Waals surface area contributed by atoms with Crippen LogP contribution in [0.4, 0.5) is 0 Å². The largest absolute Gasteiger partial charge is 0.375 e. The summed E-state index contributed by atoms with van der Waals surface area (Å²) in [6, 6.07) is 1.83. The van der Waals surface area contributed by atoms with Crippen molar-refractivity contribution in [2.24, 2.45) is 5.92 Å². The van der Waals surface area contributed by atoms with E-state index < -0.39 is 0 Å². The molecule has 21 heavy (non-hydrogen) atoms. The first kappa shape index (κ1) is 16.0. The highest BCUT2D eigenvalue weighted by atomic mass is 16.5. The van der Waals surface area contributed by atoms with E-state index in [-0.39, 0.29) is 12.0 Å². The van der Waals surface area contributed by atoms with Crippen molar-refractivity contribution in [3.63, 3.8) is 0 Å². The van der Waals surface area contributed by atoms with Crippen molar-refractivity contribution in [3.8, 4) is 0 Å². The molecule has 118 valence electrons. The third kappa shape index (κ3) is 5.13. The van der Waals surface area contributed by atoms with Gasteiger partial charge in [0.05, 0.1) is 12.7 Å². The number of likely N-dealkylation sites (N-methyl/N-ethyl adjacent to an activating group) is 1.